The van der Waals surface area contributed by atoms with Gasteiger partial charge in [-0.25, -0.2) is 4.39 Å². The van der Waals surface area contributed by atoms with E-state index in [4.69, 9.17) is 14.7 Å². The molecular weight excluding hydrogens is 483 g/mol. The molecular formula is C27H31FN2O5S. The second kappa shape index (κ2) is 13.0. The SMILES string of the molecule is COc1ccc(S(=O)(=O)Oc2cccc(CN(Cc3ccc(F)cc3)C(=O)CCCCCN)c2)cc1. The standard InChI is InChI=1S/C27H31FN2O5S/c1-34-24-13-15-26(16-14-24)36(32,33)35-25-7-5-6-22(18-25)20-30(27(31)8-3-2-4-17-29)19-21-9-11-23(28)12-10-21/h5-7,9-16,18H,2-4,8,17,19-20,29H2,1H3. The number of hydrogen-bond donors (Lipinski definition) is 1. The Kier molecular flexibility index (Phi) is 9.84. The van der Waals surface area contributed by atoms with Crippen LogP contribution < -0.4 is 14.7 Å². The van der Waals surface area contributed by atoms with Crippen molar-refractivity contribution in [2.45, 2.75) is 43.7 Å². The molecule has 0 saturated heterocycles. The van der Waals surface area contributed by atoms with Crippen molar-refractivity contribution in [3.05, 3.63) is 89.7 Å². The molecule has 1 amide bonds. The number of methoxy groups -OCH3 is 1. The van der Waals surface area contributed by atoms with Crippen molar-refractivity contribution in [3.8, 4) is 11.5 Å². The quantitative estimate of drug-likeness (QED) is 0.263. The van der Waals surface area contributed by atoms with Crippen LogP contribution in [-0.4, -0.2) is 32.9 Å². The van der Waals surface area contributed by atoms with Crippen molar-refractivity contribution in [1.29, 1.82) is 0 Å². The highest BCUT2D eigenvalue weighted by Gasteiger charge is 2.19. The number of unbranched alkanes of at least 4 members (excludes halogenated alkanes) is 2. The molecule has 0 aliphatic heterocycles. The van der Waals surface area contributed by atoms with E-state index in [-0.39, 0.29) is 28.9 Å². The van der Waals surface area contributed by atoms with Crippen LogP contribution >= 0.6 is 0 Å². The molecule has 0 aromatic heterocycles. The molecule has 0 aliphatic rings. The van der Waals surface area contributed by atoms with Crippen molar-refractivity contribution >= 4 is 16.0 Å². The Labute approximate surface area is 211 Å². The molecule has 7 nitrogen and oxygen atoms in total. The first-order valence-electron chi connectivity index (χ1n) is 11.7. The fraction of sp³-hybridized carbons (Fsp3) is 0.296. The molecule has 0 radical (unpaired) electrons. The normalized spacial score (nSPS) is 11.2. The van der Waals surface area contributed by atoms with Crippen LogP contribution in [0.25, 0.3) is 0 Å². The highest BCUT2D eigenvalue weighted by molar-refractivity contribution is 7.87. The van der Waals surface area contributed by atoms with Gasteiger partial charge in [-0.05, 0) is 79.0 Å². The van der Waals surface area contributed by atoms with Crippen molar-refractivity contribution in [2.24, 2.45) is 5.73 Å². The van der Waals surface area contributed by atoms with Gasteiger partial charge in [0.25, 0.3) is 0 Å². The van der Waals surface area contributed by atoms with E-state index in [1.54, 1.807) is 53.4 Å². The zero-order chi connectivity index (χ0) is 26.0. The monoisotopic (exact) mass is 514 g/mol. The Hall–Kier alpha value is -3.43. The van der Waals surface area contributed by atoms with E-state index in [0.29, 0.717) is 30.8 Å². The van der Waals surface area contributed by atoms with E-state index in [1.807, 2.05) is 0 Å². The molecule has 3 rings (SSSR count). The van der Waals surface area contributed by atoms with E-state index in [0.717, 1.165) is 24.8 Å². The Bertz CT molecular complexity index is 1230. The maximum absolute atomic E-state index is 13.3. The number of amides is 1. The average Bonchev–Trinajstić information content (AvgIpc) is 2.87. The number of carbonyl (C=O) groups is 1. The smallest absolute Gasteiger partial charge is 0.339 e. The maximum atomic E-state index is 13.3. The number of hydrogen-bond acceptors (Lipinski definition) is 6. The molecule has 0 aliphatic carbocycles. The number of carbonyl (C=O) groups excluding carboxylic acids is 1. The van der Waals surface area contributed by atoms with Crippen LogP contribution in [0.4, 0.5) is 4.39 Å². The van der Waals surface area contributed by atoms with Crippen LogP contribution in [0.3, 0.4) is 0 Å². The van der Waals surface area contributed by atoms with Crippen molar-refractivity contribution in [1.82, 2.24) is 4.90 Å². The van der Waals surface area contributed by atoms with Gasteiger partial charge in [0.2, 0.25) is 5.91 Å². The lowest BCUT2D eigenvalue weighted by Gasteiger charge is -2.23. The van der Waals surface area contributed by atoms with Crippen LogP contribution in [-0.2, 0) is 28.0 Å². The fourth-order valence-corrected chi connectivity index (χ4v) is 4.55. The molecule has 0 bridgehead atoms. The van der Waals surface area contributed by atoms with E-state index in [9.17, 15) is 17.6 Å². The Morgan fingerprint density at radius 3 is 2.25 bits per heavy atom. The van der Waals surface area contributed by atoms with E-state index < -0.39 is 10.1 Å². The third-order valence-corrected chi connectivity index (χ3v) is 6.82. The van der Waals surface area contributed by atoms with Crippen molar-refractivity contribution in [2.75, 3.05) is 13.7 Å². The van der Waals surface area contributed by atoms with Gasteiger partial charge in [0, 0.05) is 19.5 Å². The van der Waals surface area contributed by atoms with Crippen LogP contribution in [0, 0.1) is 5.82 Å². The minimum atomic E-state index is -4.05. The second-order valence-corrected chi connectivity index (χ2v) is 9.88. The summed E-state index contributed by atoms with van der Waals surface area (Å²) in [5, 5.41) is 0. The molecule has 36 heavy (non-hydrogen) atoms. The summed E-state index contributed by atoms with van der Waals surface area (Å²) < 4.78 is 49.2. The average molecular weight is 515 g/mol. The van der Waals surface area contributed by atoms with Gasteiger partial charge in [0.05, 0.1) is 7.11 Å². The summed E-state index contributed by atoms with van der Waals surface area (Å²) in [6.07, 6.45) is 2.80. The zero-order valence-electron chi connectivity index (χ0n) is 20.2. The van der Waals surface area contributed by atoms with Gasteiger partial charge < -0.3 is 19.6 Å². The van der Waals surface area contributed by atoms with Gasteiger partial charge in [0.1, 0.15) is 22.2 Å². The molecule has 192 valence electrons. The van der Waals surface area contributed by atoms with Gasteiger partial charge in [0.15, 0.2) is 0 Å². The maximum Gasteiger partial charge on any atom is 0.339 e. The predicted octanol–water partition coefficient (Wildman–Crippen LogP) is 4.65. The topological polar surface area (TPSA) is 98.9 Å². The molecule has 0 saturated carbocycles. The Morgan fingerprint density at radius 1 is 0.889 bits per heavy atom. The Balaban J connectivity index is 1.75. The minimum Gasteiger partial charge on any atom is -0.497 e. The minimum absolute atomic E-state index is 0.000651. The first kappa shape index (κ1) is 27.2. The second-order valence-electron chi connectivity index (χ2n) is 8.34. The fourth-order valence-electron chi connectivity index (χ4n) is 3.63. The molecule has 0 spiro atoms. The number of ether oxygens (including phenoxy) is 1. The third-order valence-electron chi connectivity index (χ3n) is 5.56. The summed E-state index contributed by atoms with van der Waals surface area (Å²) in [6, 6.07) is 18.5. The summed E-state index contributed by atoms with van der Waals surface area (Å²) in [5.74, 6) is 0.278. The van der Waals surface area contributed by atoms with Crippen LogP contribution in [0.1, 0.15) is 36.8 Å². The number of nitrogens with two attached hydrogens (primary N) is 1. The lowest BCUT2D eigenvalue weighted by molar-refractivity contribution is -0.132. The number of nitrogens with zero attached hydrogens (tertiary/aromatic N) is 1. The van der Waals surface area contributed by atoms with Crippen molar-refractivity contribution < 1.29 is 26.5 Å². The molecule has 9 heteroatoms. The third kappa shape index (κ3) is 8.07. The molecule has 2 N–H and O–H groups in total. The highest BCUT2D eigenvalue weighted by Crippen LogP contribution is 2.23. The summed E-state index contributed by atoms with van der Waals surface area (Å²) in [7, 11) is -2.56. The van der Waals surface area contributed by atoms with Crippen molar-refractivity contribution in [3.63, 3.8) is 0 Å². The summed E-state index contributed by atoms with van der Waals surface area (Å²) in [4.78, 5) is 14.7. The zero-order valence-corrected chi connectivity index (χ0v) is 21.0. The molecule has 0 fully saturated rings. The number of halogens is 1. The molecule has 3 aromatic rings. The molecule has 0 unspecified atom stereocenters. The van der Waals surface area contributed by atoms with Crippen LogP contribution in [0.15, 0.2) is 77.7 Å². The van der Waals surface area contributed by atoms with Gasteiger partial charge in [-0.3, -0.25) is 4.79 Å². The van der Waals surface area contributed by atoms with Gasteiger partial charge in [-0.2, -0.15) is 8.42 Å². The first-order chi connectivity index (χ1) is 17.3. The van der Waals surface area contributed by atoms with E-state index in [2.05, 4.69) is 0 Å². The molecule has 0 heterocycles. The van der Waals surface area contributed by atoms with E-state index in [1.165, 1.54) is 31.4 Å². The van der Waals surface area contributed by atoms with Gasteiger partial charge >= 0.3 is 10.1 Å². The molecule has 3 aromatic carbocycles. The predicted molar refractivity (Wildman–Crippen MR) is 135 cm³/mol. The lowest BCUT2D eigenvalue weighted by Crippen LogP contribution is -2.30. The summed E-state index contributed by atoms with van der Waals surface area (Å²) in [5.41, 5.74) is 7.04. The van der Waals surface area contributed by atoms with E-state index >= 15 is 0 Å². The summed E-state index contributed by atoms with van der Waals surface area (Å²) in [6.45, 7) is 1.12. The number of benzene rings is 3. The first-order valence-corrected chi connectivity index (χ1v) is 13.1. The highest BCUT2D eigenvalue weighted by atomic mass is 32.2. The van der Waals surface area contributed by atoms with Crippen LogP contribution in [0.2, 0.25) is 0 Å². The molecule has 0 atom stereocenters. The summed E-state index contributed by atoms with van der Waals surface area (Å²) >= 11 is 0. The largest absolute Gasteiger partial charge is 0.497 e. The number of rotatable bonds is 13. The lowest BCUT2D eigenvalue weighted by atomic mass is 10.1. The van der Waals surface area contributed by atoms with Gasteiger partial charge in [-0.15, -0.1) is 0 Å². The Morgan fingerprint density at radius 2 is 1.58 bits per heavy atom. The van der Waals surface area contributed by atoms with Crippen LogP contribution in [0.5, 0.6) is 11.5 Å². The van der Waals surface area contributed by atoms with Gasteiger partial charge in [-0.1, -0.05) is 30.7 Å².